The Morgan fingerprint density at radius 3 is 2.53 bits per heavy atom. The summed E-state index contributed by atoms with van der Waals surface area (Å²) in [6.07, 6.45) is 0.0296. The first kappa shape index (κ1) is 19.8. The standard InChI is InChI=1S/C24H20F2N2O2/c25-19-10-6-9-18(13-19)23-14-20(30-27-23)16-28(15-17-7-2-1-3-8-17)24(29)21-11-4-5-12-22(21)26/h1-13,20H,14-16H2/t20-/m1/s1. The molecule has 4 rings (SSSR count). The minimum atomic E-state index is -0.565. The van der Waals surface area contributed by atoms with E-state index in [0.717, 1.165) is 5.56 Å². The predicted octanol–water partition coefficient (Wildman–Crippen LogP) is 4.80. The van der Waals surface area contributed by atoms with E-state index in [9.17, 15) is 13.6 Å². The van der Waals surface area contributed by atoms with Gasteiger partial charge in [-0.05, 0) is 29.8 Å². The van der Waals surface area contributed by atoms with Gasteiger partial charge in [0.15, 0.2) is 6.10 Å². The molecule has 6 heteroatoms. The lowest BCUT2D eigenvalue weighted by molar-refractivity contribution is 0.0402. The summed E-state index contributed by atoms with van der Waals surface area (Å²) in [6.45, 7) is 0.535. The zero-order valence-corrected chi connectivity index (χ0v) is 16.2. The number of hydrogen-bond donors (Lipinski definition) is 0. The fourth-order valence-corrected chi connectivity index (χ4v) is 3.44. The molecule has 1 atom stereocenters. The Bertz CT molecular complexity index is 1070. The van der Waals surface area contributed by atoms with Crippen molar-refractivity contribution in [2.75, 3.05) is 6.54 Å². The maximum atomic E-state index is 14.2. The number of halogens is 2. The quantitative estimate of drug-likeness (QED) is 0.590. The number of carbonyl (C=O) groups is 1. The molecule has 1 aliphatic heterocycles. The maximum absolute atomic E-state index is 14.2. The molecule has 1 amide bonds. The first-order valence-corrected chi connectivity index (χ1v) is 9.66. The summed E-state index contributed by atoms with van der Waals surface area (Å²) in [7, 11) is 0. The van der Waals surface area contributed by atoms with Crippen LogP contribution in [0.15, 0.2) is 84.0 Å². The highest BCUT2D eigenvalue weighted by Crippen LogP contribution is 2.21. The van der Waals surface area contributed by atoms with Crippen LogP contribution in [0.2, 0.25) is 0 Å². The molecule has 0 aromatic heterocycles. The highest BCUT2D eigenvalue weighted by Gasteiger charge is 2.28. The molecule has 0 saturated heterocycles. The van der Waals surface area contributed by atoms with Crippen LogP contribution in [0.5, 0.6) is 0 Å². The highest BCUT2D eigenvalue weighted by molar-refractivity contribution is 6.01. The van der Waals surface area contributed by atoms with Crippen molar-refractivity contribution in [2.45, 2.75) is 19.1 Å². The summed E-state index contributed by atoms with van der Waals surface area (Å²) in [5.74, 6) is -1.33. The third-order valence-electron chi connectivity index (χ3n) is 4.92. The third-order valence-corrected chi connectivity index (χ3v) is 4.92. The molecule has 0 spiro atoms. The summed E-state index contributed by atoms with van der Waals surface area (Å²) in [5.41, 5.74) is 2.20. The van der Waals surface area contributed by atoms with Crippen LogP contribution in [-0.4, -0.2) is 29.2 Å². The van der Waals surface area contributed by atoms with Crippen LogP contribution in [0.3, 0.4) is 0 Å². The van der Waals surface area contributed by atoms with E-state index in [1.807, 2.05) is 30.3 Å². The first-order valence-electron chi connectivity index (χ1n) is 9.66. The van der Waals surface area contributed by atoms with Gasteiger partial charge in [0, 0.05) is 18.5 Å². The molecule has 0 unspecified atom stereocenters. The van der Waals surface area contributed by atoms with Crippen molar-refractivity contribution in [3.8, 4) is 0 Å². The summed E-state index contributed by atoms with van der Waals surface area (Å²) in [6, 6.07) is 21.6. The number of rotatable bonds is 6. The average Bonchev–Trinajstić information content (AvgIpc) is 3.23. The van der Waals surface area contributed by atoms with Crippen LogP contribution in [0.4, 0.5) is 8.78 Å². The molecule has 3 aromatic rings. The van der Waals surface area contributed by atoms with Gasteiger partial charge in [0.2, 0.25) is 0 Å². The number of amides is 1. The van der Waals surface area contributed by atoms with Gasteiger partial charge in [-0.15, -0.1) is 0 Å². The van der Waals surface area contributed by atoms with Crippen molar-refractivity contribution in [1.82, 2.24) is 4.90 Å². The lowest BCUT2D eigenvalue weighted by atomic mass is 10.0. The molecule has 3 aromatic carbocycles. The van der Waals surface area contributed by atoms with E-state index in [1.54, 1.807) is 29.2 Å². The number of benzene rings is 3. The summed E-state index contributed by atoms with van der Waals surface area (Å²) >= 11 is 0. The van der Waals surface area contributed by atoms with Gasteiger partial charge in [-0.3, -0.25) is 4.79 Å². The van der Waals surface area contributed by atoms with Gasteiger partial charge in [0.05, 0.1) is 17.8 Å². The molecule has 30 heavy (non-hydrogen) atoms. The lowest BCUT2D eigenvalue weighted by Crippen LogP contribution is -2.37. The lowest BCUT2D eigenvalue weighted by Gasteiger charge is -2.25. The molecule has 4 nitrogen and oxygen atoms in total. The fourth-order valence-electron chi connectivity index (χ4n) is 3.44. The van der Waals surface area contributed by atoms with Crippen molar-refractivity contribution < 1.29 is 18.4 Å². The van der Waals surface area contributed by atoms with Crippen molar-refractivity contribution in [3.05, 3.63) is 107 Å². The molecule has 0 fully saturated rings. The van der Waals surface area contributed by atoms with Gasteiger partial charge in [-0.1, -0.05) is 59.8 Å². The topological polar surface area (TPSA) is 41.9 Å². The number of oxime groups is 1. The maximum Gasteiger partial charge on any atom is 0.257 e. The first-order chi connectivity index (χ1) is 14.6. The van der Waals surface area contributed by atoms with Crippen molar-refractivity contribution >= 4 is 11.6 Å². The molecule has 152 valence electrons. The molecular formula is C24H20F2N2O2. The number of hydrogen-bond acceptors (Lipinski definition) is 3. The molecular weight excluding hydrogens is 386 g/mol. The second-order valence-corrected chi connectivity index (χ2v) is 7.13. The predicted molar refractivity (Wildman–Crippen MR) is 110 cm³/mol. The molecule has 0 N–H and O–H groups in total. The second kappa shape index (κ2) is 8.86. The minimum absolute atomic E-state index is 0.0118. The zero-order chi connectivity index (χ0) is 20.9. The van der Waals surface area contributed by atoms with Gasteiger partial charge in [0.1, 0.15) is 11.6 Å². The van der Waals surface area contributed by atoms with Gasteiger partial charge < -0.3 is 9.74 Å². The smallest absolute Gasteiger partial charge is 0.257 e. The summed E-state index contributed by atoms with van der Waals surface area (Å²) < 4.78 is 27.8. The second-order valence-electron chi connectivity index (χ2n) is 7.13. The van der Waals surface area contributed by atoms with Gasteiger partial charge in [-0.25, -0.2) is 8.78 Å². The van der Waals surface area contributed by atoms with Crippen LogP contribution < -0.4 is 0 Å². The largest absolute Gasteiger partial charge is 0.390 e. The SMILES string of the molecule is O=C(c1ccccc1F)N(Cc1ccccc1)C[C@H]1CC(c2cccc(F)c2)=NO1. The normalized spacial score (nSPS) is 15.4. The van der Waals surface area contributed by atoms with Crippen LogP contribution in [0.25, 0.3) is 0 Å². The monoisotopic (exact) mass is 406 g/mol. The Balaban J connectivity index is 1.52. The summed E-state index contributed by atoms with van der Waals surface area (Å²) in [4.78, 5) is 20.2. The molecule has 0 bridgehead atoms. The van der Waals surface area contributed by atoms with E-state index in [0.29, 0.717) is 24.2 Å². The molecule has 1 aliphatic rings. The van der Waals surface area contributed by atoms with Crippen molar-refractivity contribution in [3.63, 3.8) is 0 Å². The van der Waals surface area contributed by atoms with Crippen LogP contribution in [0, 0.1) is 11.6 Å². The Morgan fingerprint density at radius 2 is 1.77 bits per heavy atom. The zero-order valence-electron chi connectivity index (χ0n) is 16.2. The van der Waals surface area contributed by atoms with E-state index in [4.69, 9.17) is 4.84 Å². The fraction of sp³-hybridized carbons (Fsp3) is 0.167. The average molecular weight is 406 g/mol. The van der Waals surface area contributed by atoms with Gasteiger partial charge in [-0.2, -0.15) is 0 Å². The van der Waals surface area contributed by atoms with E-state index >= 15 is 0 Å². The Labute approximate surface area is 173 Å². The van der Waals surface area contributed by atoms with Crippen LogP contribution >= 0.6 is 0 Å². The van der Waals surface area contributed by atoms with Crippen LogP contribution in [-0.2, 0) is 11.4 Å². The third kappa shape index (κ3) is 4.54. The van der Waals surface area contributed by atoms with Crippen LogP contribution in [0.1, 0.15) is 27.9 Å². The Hall–Kier alpha value is -3.54. The summed E-state index contributed by atoms with van der Waals surface area (Å²) in [5, 5.41) is 4.08. The van der Waals surface area contributed by atoms with E-state index in [2.05, 4.69) is 5.16 Å². The van der Waals surface area contributed by atoms with Crippen molar-refractivity contribution in [2.24, 2.45) is 5.16 Å². The number of carbonyl (C=O) groups excluding carboxylic acids is 1. The molecule has 0 aliphatic carbocycles. The van der Waals surface area contributed by atoms with Gasteiger partial charge in [0.25, 0.3) is 5.91 Å². The van der Waals surface area contributed by atoms with E-state index in [-0.39, 0.29) is 17.9 Å². The highest BCUT2D eigenvalue weighted by atomic mass is 19.1. The molecule has 1 heterocycles. The molecule has 0 radical (unpaired) electrons. The van der Waals surface area contributed by atoms with E-state index < -0.39 is 17.8 Å². The Morgan fingerprint density at radius 1 is 1.00 bits per heavy atom. The Kier molecular flexibility index (Phi) is 5.84. The minimum Gasteiger partial charge on any atom is -0.390 e. The molecule has 0 saturated carbocycles. The number of nitrogens with zero attached hydrogens (tertiary/aromatic N) is 2. The van der Waals surface area contributed by atoms with Gasteiger partial charge >= 0.3 is 0 Å². The van der Waals surface area contributed by atoms with E-state index in [1.165, 1.54) is 24.3 Å². The van der Waals surface area contributed by atoms with Crippen molar-refractivity contribution in [1.29, 1.82) is 0 Å².